The van der Waals surface area contributed by atoms with E-state index in [0.29, 0.717) is 11.0 Å². The maximum Gasteiger partial charge on any atom is 0.153 e. The SMILES string of the molecule is Cc1ccc(Br)cc1Nc1ccc(Cl)nn1. The number of aryl methyl sites for hydroxylation is 1. The Bertz CT molecular complexity index is 499. The number of nitrogens with zero attached hydrogens (tertiary/aromatic N) is 2. The number of aromatic nitrogens is 2. The molecule has 0 bridgehead atoms. The summed E-state index contributed by atoms with van der Waals surface area (Å²) in [6.45, 7) is 2.03. The minimum Gasteiger partial charge on any atom is -0.338 e. The van der Waals surface area contributed by atoms with Crippen molar-refractivity contribution in [2.45, 2.75) is 6.92 Å². The van der Waals surface area contributed by atoms with E-state index in [2.05, 4.69) is 31.4 Å². The number of anilines is 2. The summed E-state index contributed by atoms with van der Waals surface area (Å²) in [5.74, 6) is 0.672. The summed E-state index contributed by atoms with van der Waals surface area (Å²) in [5, 5.41) is 11.3. The molecule has 3 nitrogen and oxygen atoms in total. The number of halogens is 2. The zero-order valence-electron chi connectivity index (χ0n) is 8.54. The van der Waals surface area contributed by atoms with Gasteiger partial charge in [0.1, 0.15) is 0 Å². The topological polar surface area (TPSA) is 37.8 Å². The molecule has 5 heteroatoms. The second-order valence-electron chi connectivity index (χ2n) is 3.33. The molecule has 0 spiro atoms. The summed E-state index contributed by atoms with van der Waals surface area (Å²) in [7, 11) is 0. The van der Waals surface area contributed by atoms with E-state index in [0.717, 1.165) is 15.7 Å². The molecule has 1 aromatic heterocycles. The molecule has 0 amide bonds. The molecule has 1 aromatic carbocycles. The number of hydrogen-bond acceptors (Lipinski definition) is 3. The quantitative estimate of drug-likeness (QED) is 0.912. The number of benzene rings is 1. The normalized spacial score (nSPS) is 10.2. The molecule has 1 N–H and O–H groups in total. The van der Waals surface area contributed by atoms with Crippen molar-refractivity contribution in [2.24, 2.45) is 0 Å². The smallest absolute Gasteiger partial charge is 0.153 e. The first-order valence-corrected chi connectivity index (χ1v) is 5.84. The summed E-state index contributed by atoms with van der Waals surface area (Å²) in [6.07, 6.45) is 0. The lowest BCUT2D eigenvalue weighted by atomic mass is 10.2. The molecule has 0 unspecified atom stereocenters. The fourth-order valence-electron chi connectivity index (χ4n) is 1.25. The van der Waals surface area contributed by atoms with Crippen LogP contribution in [0.4, 0.5) is 11.5 Å². The molecule has 82 valence electrons. The average Bonchev–Trinajstić information content (AvgIpc) is 2.27. The third-order valence-electron chi connectivity index (χ3n) is 2.09. The van der Waals surface area contributed by atoms with Gasteiger partial charge in [0.05, 0.1) is 0 Å². The molecule has 0 saturated heterocycles. The third kappa shape index (κ3) is 2.71. The molecule has 0 aliphatic carbocycles. The fraction of sp³-hybridized carbons (Fsp3) is 0.0909. The molecule has 0 aliphatic rings. The Kier molecular flexibility index (Phi) is 3.41. The highest BCUT2D eigenvalue weighted by molar-refractivity contribution is 9.10. The Morgan fingerprint density at radius 2 is 2.00 bits per heavy atom. The van der Waals surface area contributed by atoms with E-state index < -0.39 is 0 Å². The summed E-state index contributed by atoms with van der Waals surface area (Å²) in [4.78, 5) is 0. The van der Waals surface area contributed by atoms with Gasteiger partial charge in [0, 0.05) is 10.2 Å². The molecule has 0 atom stereocenters. The monoisotopic (exact) mass is 297 g/mol. The Morgan fingerprint density at radius 1 is 1.19 bits per heavy atom. The molecule has 1 heterocycles. The minimum atomic E-state index is 0.386. The Morgan fingerprint density at radius 3 is 2.69 bits per heavy atom. The molecule has 2 aromatic rings. The van der Waals surface area contributed by atoms with Crippen molar-refractivity contribution in [1.29, 1.82) is 0 Å². The molecule has 0 radical (unpaired) electrons. The maximum absolute atomic E-state index is 5.66. The third-order valence-corrected chi connectivity index (χ3v) is 2.79. The summed E-state index contributed by atoms with van der Waals surface area (Å²) >= 11 is 9.09. The van der Waals surface area contributed by atoms with Crippen LogP contribution in [0.15, 0.2) is 34.8 Å². The predicted molar refractivity (Wildman–Crippen MR) is 69.2 cm³/mol. The molecule has 2 rings (SSSR count). The second kappa shape index (κ2) is 4.80. The van der Waals surface area contributed by atoms with Gasteiger partial charge >= 0.3 is 0 Å². The molecular weight excluding hydrogens is 289 g/mol. The van der Waals surface area contributed by atoms with Crippen LogP contribution in [0.3, 0.4) is 0 Å². The van der Waals surface area contributed by atoms with Crippen LogP contribution in [0.5, 0.6) is 0 Å². The zero-order valence-corrected chi connectivity index (χ0v) is 10.9. The van der Waals surface area contributed by atoms with E-state index in [1.54, 1.807) is 12.1 Å². The van der Waals surface area contributed by atoms with Gasteiger partial charge in [0.25, 0.3) is 0 Å². The van der Waals surface area contributed by atoms with E-state index in [9.17, 15) is 0 Å². The van der Waals surface area contributed by atoms with Gasteiger partial charge in [-0.1, -0.05) is 33.6 Å². The Balaban J connectivity index is 2.26. The first-order chi connectivity index (χ1) is 7.65. The number of nitrogens with one attached hydrogen (secondary N) is 1. The van der Waals surface area contributed by atoms with Gasteiger partial charge in [-0.05, 0) is 36.8 Å². The van der Waals surface area contributed by atoms with E-state index >= 15 is 0 Å². The van der Waals surface area contributed by atoms with E-state index in [-0.39, 0.29) is 0 Å². The van der Waals surface area contributed by atoms with Crippen molar-refractivity contribution in [3.05, 3.63) is 45.5 Å². The molecular formula is C11H9BrClN3. The van der Waals surface area contributed by atoms with Crippen LogP contribution in [0.2, 0.25) is 5.15 Å². The van der Waals surface area contributed by atoms with Crippen LogP contribution in [-0.4, -0.2) is 10.2 Å². The largest absolute Gasteiger partial charge is 0.338 e. The standard InChI is InChI=1S/C11H9BrClN3/c1-7-2-3-8(12)6-9(7)14-11-5-4-10(13)15-16-11/h2-6H,1H3,(H,14,16). The van der Waals surface area contributed by atoms with Crippen LogP contribution in [0, 0.1) is 6.92 Å². The van der Waals surface area contributed by atoms with Crippen LogP contribution >= 0.6 is 27.5 Å². The van der Waals surface area contributed by atoms with Gasteiger partial charge in [0.15, 0.2) is 11.0 Å². The Hall–Kier alpha value is -1.13. The van der Waals surface area contributed by atoms with E-state index in [1.807, 2.05) is 25.1 Å². The zero-order chi connectivity index (χ0) is 11.5. The van der Waals surface area contributed by atoms with Gasteiger partial charge in [0.2, 0.25) is 0 Å². The van der Waals surface area contributed by atoms with Crippen LogP contribution < -0.4 is 5.32 Å². The first-order valence-electron chi connectivity index (χ1n) is 4.67. The van der Waals surface area contributed by atoms with Crippen molar-refractivity contribution in [2.75, 3.05) is 5.32 Å². The van der Waals surface area contributed by atoms with Crippen LogP contribution in [0.1, 0.15) is 5.56 Å². The molecule has 16 heavy (non-hydrogen) atoms. The second-order valence-corrected chi connectivity index (χ2v) is 4.63. The van der Waals surface area contributed by atoms with Crippen molar-refractivity contribution in [1.82, 2.24) is 10.2 Å². The average molecular weight is 299 g/mol. The van der Waals surface area contributed by atoms with E-state index in [4.69, 9.17) is 11.6 Å². The lowest BCUT2D eigenvalue weighted by molar-refractivity contribution is 1.04. The summed E-state index contributed by atoms with van der Waals surface area (Å²) in [5.41, 5.74) is 2.13. The molecule has 0 saturated carbocycles. The van der Waals surface area contributed by atoms with Crippen molar-refractivity contribution in [3.8, 4) is 0 Å². The maximum atomic E-state index is 5.66. The van der Waals surface area contributed by atoms with E-state index in [1.165, 1.54) is 0 Å². The first kappa shape index (κ1) is 11.4. The van der Waals surface area contributed by atoms with Crippen molar-refractivity contribution >= 4 is 39.0 Å². The highest BCUT2D eigenvalue weighted by Gasteiger charge is 2.01. The van der Waals surface area contributed by atoms with Crippen LogP contribution in [-0.2, 0) is 0 Å². The Labute approximate surface area is 107 Å². The van der Waals surface area contributed by atoms with Gasteiger partial charge in [-0.2, -0.15) is 0 Å². The highest BCUT2D eigenvalue weighted by atomic mass is 79.9. The molecule has 0 aliphatic heterocycles. The summed E-state index contributed by atoms with van der Waals surface area (Å²) in [6, 6.07) is 9.50. The number of hydrogen-bond donors (Lipinski definition) is 1. The minimum absolute atomic E-state index is 0.386. The lowest BCUT2D eigenvalue weighted by Gasteiger charge is -2.08. The predicted octanol–water partition coefficient (Wildman–Crippen LogP) is 3.94. The van der Waals surface area contributed by atoms with Gasteiger partial charge in [-0.3, -0.25) is 0 Å². The van der Waals surface area contributed by atoms with Crippen molar-refractivity contribution < 1.29 is 0 Å². The highest BCUT2D eigenvalue weighted by Crippen LogP contribution is 2.23. The fourth-order valence-corrected chi connectivity index (χ4v) is 1.71. The molecule has 0 fully saturated rings. The number of rotatable bonds is 2. The summed E-state index contributed by atoms with van der Waals surface area (Å²) < 4.78 is 1.02. The van der Waals surface area contributed by atoms with Gasteiger partial charge < -0.3 is 5.32 Å². The van der Waals surface area contributed by atoms with Gasteiger partial charge in [-0.25, -0.2) is 0 Å². The van der Waals surface area contributed by atoms with Crippen LogP contribution in [0.25, 0.3) is 0 Å². The van der Waals surface area contributed by atoms with Crippen molar-refractivity contribution in [3.63, 3.8) is 0 Å². The lowest BCUT2D eigenvalue weighted by Crippen LogP contribution is -1.96. The van der Waals surface area contributed by atoms with Gasteiger partial charge in [-0.15, -0.1) is 10.2 Å².